The molecule has 32 heavy (non-hydrogen) atoms. The van der Waals surface area contributed by atoms with E-state index in [1.165, 1.54) is 24.3 Å². The Morgan fingerprint density at radius 3 is 1.94 bits per heavy atom. The lowest BCUT2D eigenvalue weighted by atomic mass is 9.98. The van der Waals surface area contributed by atoms with Gasteiger partial charge in [-0.3, -0.25) is 4.79 Å². The highest BCUT2D eigenvalue weighted by Gasteiger charge is 2.37. The van der Waals surface area contributed by atoms with E-state index < -0.39 is 23.5 Å². The van der Waals surface area contributed by atoms with E-state index in [-0.39, 0.29) is 29.1 Å². The molecule has 11 heteroatoms. The van der Waals surface area contributed by atoms with E-state index in [0.29, 0.717) is 37.2 Å². The molecule has 1 fully saturated rings. The summed E-state index contributed by atoms with van der Waals surface area (Å²) in [5, 5.41) is 7.49. The first-order valence-electron chi connectivity index (χ1n) is 9.55. The highest BCUT2D eigenvalue weighted by Crippen LogP contribution is 2.38. The Morgan fingerprint density at radius 1 is 0.844 bits per heavy atom. The average Bonchev–Trinajstić information content (AvgIpc) is 3.43. The third-order valence-corrected chi connectivity index (χ3v) is 5.36. The second kappa shape index (κ2) is 7.95. The summed E-state index contributed by atoms with van der Waals surface area (Å²) < 4.78 is 80.4. The molecule has 168 valence electrons. The van der Waals surface area contributed by atoms with Gasteiger partial charge in [-0.2, -0.15) is 26.3 Å². The first-order valence-corrected chi connectivity index (χ1v) is 9.55. The number of aromatic nitrogens is 3. The van der Waals surface area contributed by atoms with E-state index in [1.807, 2.05) is 4.57 Å². The van der Waals surface area contributed by atoms with Crippen molar-refractivity contribution in [2.24, 2.45) is 0 Å². The maximum atomic E-state index is 13.1. The van der Waals surface area contributed by atoms with E-state index >= 15 is 0 Å². The molecule has 0 bridgehead atoms. The van der Waals surface area contributed by atoms with Crippen LogP contribution in [0.4, 0.5) is 26.3 Å². The molecule has 3 aromatic rings. The number of carbonyl (C=O) groups excluding carboxylic acids is 1. The van der Waals surface area contributed by atoms with Gasteiger partial charge < -0.3 is 9.47 Å². The van der Waals surface area contributed by atoms with Crippen molar-refractivity contribution < 1.29 is 31.1 Å². The first kappa shape index (κ1) is 21.8. The maximum absolute atomic E-state index is 13.1. The number of rotatable bonds is 3. The lowest BCUT2D eigenvalue weighted by Crippen LogP contribution is -2.29. The van der Waals surface area contributed by atoms with Crippen LogP contribution in [-0.4, -0.2) is 38.7 Å². The van der Waals surface area contributed by atoms with Gasteiger partial charge in [-0.05, 0) is 47.9 Å². The van der Waals surface area contributed by atoms with Crippen LogP contribution in [0.25, 0.3) is 11.1 Å². The Labute approximate surface area is 178 Å². The molecule has 0 N–H and O–H groups in total. The quantitative estimate of drug-likeness (QED) is 0.520. The van der Waals surface area contributed by atoms with Gasteiger partial charge in [-0.1, -0.05) is 12.1 Å². The molecule has 2 aromatic carbocycles. The van der Waals surface area contributed by atoms with Crippen molar-refractivity contribution in [3.05, 3.63) is 71.8 Å². The van der Waals surface area contributed by atoms with Crippen LogP contribution >= 0.6 is 0 Å². The standard InChI is InChI=1S/C21H16F6N4O/c22-20(23,24)16-7-15(8-17(9-16)21(25,26)27)13-1-3-14(4-2-13)19(32)30-6-5-18(10-30)31-11-28-29-12-31/h1-4,7-9,11-12,18H,5-6,10H2. The zero-order chi connectivity index (χ0) is 23.1. The first-order chi connectivity index (χ1) is 15.0. The fourth-order valence-electron chi connectivity index (χ4n) is 3.68. The molecule has 1 aliphatic rings. The zero-order valence-corrected chi connectivity index (χ0v) is 16.4. The number of carbonyl (C=O) groups is 1. The second-order valence-electron chi connectivity index (χ2n) is 7.47. The zero-order valence-electron chi connectivity index (χ0n) is 16.4. The average molecular weight is 454 g/mol. The predicted octanol–water partition coefficient (Wildman–Crippen LogP) is 5.07. The van der Waals surface area contributed by atoms with Crippen molar-refractivity contribution in [3.8, 4) is 11.1 Å². The van der Waals surface area contributed by atoms with Gasteiger partial charge >= 0.3 is 12.4 Å². The lowest BCUT2D eigenvalue weighted by molar-refractivity contribution is -0.143. The number of benzene rings is 2. The van der Waals surface area contributed by atoms with Crippen LogP contribution in [0.1, 0.15) is 33.9 Å². The molecule has 5 nitrogen and oxygen atoms in total. The molecule has 4 rings (SSSR count). The van der Waals surface area contributed by atoms with Crippen LogP contribution in [0.15, 0.2) is 55.1 Å². The van der Waals surface area contributed by atoms with Crippen molar-refractivity contribution in [1.82, 2.24) is 19.7 Å². The minimum atomic E-state index is -4.93. The largest absolute Gasteiger partial charge is 0.416 e. The number of hydrogen-bond acceptors (Lipinski definition) is 3. The van der Waals surface area contributed by atoms with Gasteiger partial charge in [-0.25, -0.2) is 0 Å². The van der Waals surface area contributed by atoms with E-state index in [2.05, 4.69) is 10.2 Å². The van der Waals surface area contributed by atoms with Gasteiger partial charge in [0.2, 0.25) is 0 Å². The van der Waals surface area contributed by atoms with Gasteiger partial charge in [0.15, 0.2) is 0 Å². The molecule has 0 spiro atoms. The minimum absolute atomic E-state index is 0.0409. The number of amides is 1. The highest BCUT2D eigenvalue weighted by molar-refractivity contribution is 5.95. The third-order valence-electron chi connectivity index (χ3n) is 5.36. The summed E-state index contributed by atoms with van der Waals surface area (Å²) in [4.78, 5) is 14.4. The Kier molecular flexibility index (Phi) is 5.43. The molecule has 1 amide bonds. The van der Waals surface area contributed by atoms with Crippen LogP contribution in [-0.2, 0) is 12.4 Å². The van der Waals surface area contributed by atoms with Gasteiger partial charge in [-0.15, -0.1) is 10.2 Å². The van der Waals surface area contributed by atoms with Gasteiger partial charge in [0.25, 0.3) is 5.91 Å². The summed E-state index contributed by atoms with van der Waals surface area (Å²) in [5.74, 6) is -0.271. The second-order valence-corrected chi connectivity index (χ2v) is 7.47. The van der Waals surface area contributed by atoms with E-state index in [0.717, 1.165) is 0 Å². The van der Waals surface area contributed by atoms with Crippen molar-refractivity contribution >= 4 is 5.91 Å². The predicted molar refractivity (Wildman–Crippen MR) is 101 cm³/mol. The smallest absolute Gasteiger partial charge is 0.336 e. The minimum Gasteiger partial charge on any atom is -0.336 e. The van der Waals surface area contributed by atoms with Crippen molar-refractivity contribution in [3.63, 3.8) is 0 Å². The molecule has 1 atom stereocenters. The maximum Gasteiger partial charge on any atom is 0.416 e. The third kappa shape index (κ3) is 4.46. The summed E-state index contributed by atoms with van der Waals surface area (Å²) in [7, 11) is 0. The summed E-state index contributed by atoms with van der Waals surface area (Å²) in [5.41, 5.74) is -2.58. The Balaban J connectivity index is 1.57. The van der Waals surface area contributed by atoms with Crippen LogP contribution in [0.2, 0.25) is 0 Å². The molecule has 1 aromatic heterocycles. The molecule has 0 radical (unpaired) electrons. The van der Waals surface area contributed by atoms with Gasteiger partial charge in [0.05, 0.1) is 17.2 Å². The Hall–Kier alpha value is -3.37. The van der Waals surface area contributed by atoms with Crippen LogP contribution in [0.3, 0.4) is 0 Å². The van der Waals surface area contributed by atoms with E-state index in [9.17, 15) is 31.1 Å². The van der Waals surface area contributed by atoms with Crippen molar-refractivity contribution in [1.29, 1.82) is 0 Å². The molecule has 1 aliphatic heterocycles. The molecular weight excluding hydrogens is 438 g/mol. The van der Waals surface area contributed by atoms with Crippen LogP contribution < -0.4 is 0 Å². The van der Waals surface area contributed by atoms with Gasteiger partial charge in [0, 0.05) is 18.7 Å². The van der Waals surface area contributed by atoms with Crippen LogP contribution in [0, 0.1) is 0 Å². The summed E-state index contributed by atoms with van der Waals surface area (Å²) in [6.07, 6.45) is -6.01. The van der Waals surface area contributed by atoms with Crippen molar-refractivity contribution in [2.45, 2.75) is 24.8 Å². The monoisotopic (exact) mass is 454 g/mol. The number of alkyl halides is 6. The number of likely N-dealkylation sites (tertiary alicyclic amines) is 1. The molecular formula is C21H16F6N4O. The number of nitrogens with zero attached hydrogens (tertiary/aromatic N) is 4. The number of halogens is 6. The topological polar surface area (TPSA) is 51.0 Å². The van der Waals surface area contributed by atoms with Gasteiger partial charge in [0.1, 0.15) is 12.7 Å². The summed E-state index contributed by atoms with van der Waals surface area (Å²) >= 11 is 0. The Bertz CT molecular complexity index is 1070. The Morgan fingerprint density at radius 2 is 1.41 bits per heavy atom. The fraction of sp³-hybridized carbons (Fsp3) is 0.286. The SMILES string of the molecule is O=C(c1ccc(-c2cc(C(F)(F)F)cc(C(F)(F)F)c2)cc1)N1CCC(n2cnnc2)C1. The number of hydrogen-bond donors (Lipinski definition) is 0. The molecule has 2 heterocycles. The summed E-state index contributed by atoms with van der Waals surface area (Å²) in [6, 6.07) is 6.94. The summed E-state index contributed by atoms with van der Waals surface area (Å²) in [6.45, 7) is 0.952. The van der Waals surface area contributed by atoms with Crippen LogP contribution in [0.5, 0.6) is 0 Å². The van der Waals surface area contributed by atoms with E-state index in [4.69, 9.17) is 0 Å². The normalized spacial score (nSPS) is 17.1. The fourth-order valence-corrected chi connectivity index (χ4v) is 3.68. The van der Waals surface area contributed by atoms with E-state index in [1.54, 1.807) is 17.6 Å². The molecule has 0 aliphatic carbocycles. The molecule has 0 saturated carbocycles. The lowest BCUT2D eigenvalue weighted by Gasteiger charge is -2.17. The highest BCUT2D eigenvalue weighted by atomic mass is 19.4. The van der Waals surface area contributed by atoms with Crippen molar-refractivity contribution in [2.75, 3.05) is 13.1 Å². The molecule has 1 saturated heterocycles. The molecule has 1 unspecified atom stereocenters.